The van der Waals surface area contributed by atoms with Crippen molar-refractivity contribution in [3.8, 4) is 5.75 Å². The standard InChI is InChI=1S/C15H24BrNO/c1-3-5-6-9-18-15-8-7-13(16)10-12(15)11-14(17)4-2/h7-8,10,14H,3-6,9,11,17H2,1-2H3. The summed E-state index contributed by atoms with van der Waals surface area (Å²) < 4.78 is 6.95. The van der Waals surface area contributed by atoms with Gasteiger partial charge in [-0.2, -0.15) is 0 Å². The Kier molecular flexibility index (Phi) is 7.36. The molecule has 18 heavy (non-hydrogen) atoms. The molecule has 0 aliphatic carbocycles. The van der Waals surface area contributed by atoms with Gasteiger partial charge >= 0.3 is 0 Å². The van der Waals surface area contributed by atoms with Crippen LogP contribution in [-0.2, 0) is 6.42 Å². The van der Waals surface area contributed by atoms with Crippen LogP contribution in [0.5, 0.6) is 5.75 Å². The maximum atomic E-state index is 6.03. The number of halogens is 1. The third-order valence-corrected chi connectivity index (χ3v) is 3.53. The first-order valence-electron chi connectivity index (χ1n) is 6.84. The van der Waals surface area contributed by atoms with Gasteiger partial charge in [0.15, 0.2) is 0 Å². The Labute approximate surface area is 119 Å². The van der Waals surface area contributed by atoms with Crippen LogP contribution >= 0.6 is 15.9 Å². The molecule has 0 spiro atoms. The van der Waals surface area contributed by atoms with Crippen molar-refractivity contribution in [3.63, 3.8) is 0 Å². The molecule has 2 N–H and O–H groups in total. The molecule has 0 bridgehead atoms. The van der Waals surface area contributed by atoms with E-state index >= 15 is 0 Å². The SMILES string of the molecule is CCCCCOc1ccc(Br)cc1CC(N)CC. The van der Waals surface area contributed by atoms with Crippen LogP contribution in [0.3, 0.4) is 0 Å². The van der Waals surface area contributed by atoms with E-state index in [0.29, 0.717) is 0 Å². The summed E-state index contributed by atoms with van der Waals surface area (Å²) in [5.41, 5.74) is 7.23. The summed E-state index contributed by atoms with van der Waals surface area (Å²) in [6.07, 6.45) is 5.42. The molecule has 3 heteroatoms. The fourth-order valence-electron chi connectivity index (χ4n) is 1.81. The predicted octanol–water partition coefficient (Wildman–Crippen LogP) is 4.30. The van der Waals surface area contributed by atoms with Crippen molar-refractivity contribution in [2.24, 2.45) is 5.73 Å². The molecule has 0 aliphatic heterocycles. The molecule has 1 atom stereocenters. The molecule has 0 saturated heterocycles. The molecule has 102 valence electrons. The molecule has 0 saturated carbocycles. The number of ether oxygens (including phenoxy) is 1. The second kappa shape index (κ2) is 8.54. The van der Waals surface area contributed by atoms with Crippen LogP contribution in [0, 0.1) is 0 Å². The summed E-state index contributed by atoms with van der Waals surface area (Å²) >= 11 is 3.50. The van der Waals surface area contributed by atoms with Gasteiger partial charge < -0.3 is 10.5 Å². The first-order valence-corrected chi connectivity index (χ1v) is 7.63. The van der Waals surface area contributed by atoms with Gasteiger partial charge in [-0.25, -0.2) is 0 Å². The van der Waals surface area contributed by atoms with Gasteiger partial charge in [0.05, 0.1) is 6.61 Å². The Hall–Kier alpha value is -0.540. The molecule has 0 fully saturated rings. The Balaban J connectivity index is 2.64. The third-order valence-electron chi connectivity index (χ3n) is 3.03. The van der Waals surface area contributed by atoms with E-state index in [1.165, 1.54) is 18.4 Å². The zero-order valence-corrected chi connectivity index (χ0v) is 13.0. The van der Waals surface area contributed by atoms with E-state index in [-0.39, 0.29) is 6.04 Å². The van der Waals surface area contributed by atoms with Crippen LogP contribution in [0.4, 0.5) is 0 Å². The average Bonchev–Trinajstić information content (AvgIpc) is 2.36. The monoisotopic (exact) mass is 313 g/mol. The van der Waals surface area contributed by atoms with E-state index in [2.05, 4.69) is 35.8 Å². The lowest BCUT2D eigenvalue weighted by molar-refractivity contribution is 0.302. The first-order chi connectivity index (χ1) is 8.67. The molecule has 0 heterocycles. The van der Waals surface area contributed by atoms with Gasteiger partial charge in [0.25, 0.3) is 0 Å². The van der Waals surface area contributed by atoms with Crippen LogP contribution in [0.1, 0.15) is 45.1 Å². The zero-order valence-electron chi connectivity index (χ0n) is 11.4. The highest BCUT2D eigenvalue weighted by molar-refractivity contribution is 9.10. The van der Waals surface area contributed by atoms with Gasteiger partial charge in [0, 0.05) is 10.5 Å². The number of unbranched alkanes of at least 4 members (excludes halogenated alkanes) is 2. The minimum atomic E-state index is 0.206. The second-order valence-electron chi connectivity index (χ2n) is 4.68. The van der Waals surface area contributed by atoms with E-state index in [0.717, 1.165) is 36.1 Å². The lowest BCUT2D eigenvalue weighted by atomic mass is 10.0. The summed E-state index contributed by atoms with van der Waals surface area (Å²) in [5, 5.41) is 0. The number of benzene rings is 1. The quantitative estimate of drug-likeness (QED) is 0.726. The molecule has 0 amide bonds. The molecular weight excluding hydrogens is 290 g/mol. The molecule has 0 aliphatic rings. The third kappa shape index (κ3) is 5.40. The van der Waals surface area contributed by atoms with Gasteiger partial charge in [-0.3, -0.25) is 0 Å². The Morgan fingerprint density at radius 3 is 2.72 bits per heavy atom. The van der Waals surface area contributed by atoms with E-state index in [4.69, 9.17) is 10.5 Å². The Morgan fingerprint density at radius 2 is 2.06 bits per heavy atom. The van der Waals surface area contributed by atoms with E-state index in [1.807, 2.05) is 12.1 Å². The fraction of sp³-hybridized carbons (Fsp3) is 0.600. The number of rotatable bonds is 8. The maximum Gasteiger partial charge on any atom is 0.122 e. The van der Waals surface area contributed by atoms with Crippen LogP contribution in [0.2, 0.25) is 0 Å². The van der Waals surface area contributed by atoms with Crippen molar-refractivity contribution in [2.75, 3.05) is 6.61 Å². The van der Waals surface area contributed by atoms with Gasteiger partial charge in [-0.15, -0.1) is 0 Å². The van der Waals surface area contributed by atoms with E-state index < -0.39 is 0 Å². The molecule has 1 aromatic rings. The fourth-order valence-corrected chi connectivity index (χ4v) is 2.22. The van der Waals surface area contributed by atoms with Gasteiger partial charge in [0.1, 0.15) is 5.75 Å². The molecule has 2 nitrogen and oxygen atoms in total. The molecule has 0 radical (unpaired) electrons. The van der Waals surface area contributed by atoms with Crippen molar-refractivity contribution in [1.29, 1.82) is 0 Å². The van der Waals surface area contributed by atoms with E-state index in [1.54, 1.807) is 0 Å². The van der Waals surface area contributed by atoms with Gasteiger partial charge in [-0.1, -0.05) is 42.6 Å². The number of hydrogen-bond acceptors (Lipinski definition) is 2. The summed E-state index contributed by atoms with van der Waals surface area (Å²) in [5.74, 6) is 0.984. The van der Waals surface area contributed by atoms with E-state index in [9.17, 15) is 0 Å². The van der Waals surface area contributed by atoms with Crippen LogP contribution in [-0.4, -0.2) is 12.6 Å². The molecule has 1 aromatic carbocycles. The maximum absolute atomic E-state index is 6.03. The van der Waals surface area contributed by atoms with Crippen molar-refractivity contribution in [1.82, 2.24) is 0 Å². The zero-order chi connectivity index (χ0) is 13.4. The molecule has 1 unspecified atom stereocenters. The minimum absolute atomic E-state index is 0.206. The Bertz CT molecular complexity index is 354. The van der Waals surface area contributed by atoms with Gasteiger partial charge in [0.2, 0.25) is 0 Å². The normalized spacial score (nSPS) is 12.4. The topological polar surface area (TPSA) is 35.2 Å². The van der Waals surface area contributed by atoms with Crippen LogP contribution < -0.4 is 10.5 Å². The minimum Gasteiger partial charge on any atom is -0.493 e. The average molecular weight is 314 g/mol. The van der Waals surface area contributed by atoms with Crippen molar-refractivity contribution < 1.29 is 4.74 Å². The van der Waals surface area contributed by atoms with Crippen molar-refractivity contribution >= 4 is 15.9 Å². The highest BCUT2D eigenvalue weighted by Crippen LogP contribution is 2.25. The summed E-state index contributed by atoms with van der Waals surface area (Å²) in [6.45, 7) is 5.11. The molecular formula is C15H24BrNO. The Morgan fingerprint density at radius 1 is 1.28 bits per heavy atom. The van der Waals surface area contributed by atoms with Crippen LogP contribution in [0.15, 0.2) is 22.7 Å². The summed E-state index contributed by atoms with van der Waals surface area (Å²) in [6, 6.07) is 6.38. The number of nitrogens with two attached hydrogens (primary N) is 1. The lowest BCUT2D eigenvalue weighted by Gasteiger charge is -2.15. The largest absolute Gasteiger partial charge is 0.493 e. The first kappa shape index (κ1) is 15.5. The predicted molar refractivity (Wildman–Crippen MR) is 81.1 cm³/mol. The van der Waals surface area contributed by atoms with Crippen molar-refractivity contribution in [3.05, 3.63) is 28.2 Å². The van der Waals surface area contributed by atoms with Gasteiger partial charge in [-0.05, 0) is 43.0 Å². The summed E-state index contributed by atoms with van der Waals surface area (Å²) in [7, 11) is 0. The lowest BCUT2D eigenvalue weighted by Crippen LogP contribution is -2.21. The highest BCUT2D eigenvalue weighted by Gasteiger charge is 2.08. The molecule has 1 rings (SSSR count). The van der Waals surface area contributed by atoms with Crippen LogP contribution in [0.25, 0.3) is 0 Å². The number of hydrogen-bond donors (Lipinski definition) is 1. The smallest absolute Gasteiger partial charge is 0.122 e. The summed E-state index contributed by atoms with van der Waals surface area (Å²) in [4.78, 5) is 0. The highest BCUT2D eigenvalue weighted by atomic mass is 79.9. The molecule has 0 aromatic heterocycles. The second-order valence-corrected chi connectivity index (χ2v) is 5.60. The van der Waals surface area contributed by atoms with Crippen molar-refractivity contribution in [2.45, 2.75) is 52.0 Å².